The summed E-state index contributed by atoms with van der Waals surface area (Å²) in [5, 5.41) is 12.0. The highest BCUT2D eigenvalue weighted by Gasteiger charge is 2.30. The number of thiazole rings is 1. The third-order valence-corrected chi connectivity index (χ3v) is 3.41. The number of anilines is 1. The zero-order valence-corrected chi connectivity index (χ0v) is 9.63. The van der Waals surface area contributed by atoms with E-state index < -0.39 is 5.97 Å². The number of nitrogens with one attached hydrogen (secondary N) is 1. The van der Waals surface area contributed by atoms with Crippen molar-refractivity contribution in [1.29, 1.82) is 0 Å². The highest BCUT2D eigenvalue weighted by molar-refractivity contribution is 7.17. The topological polar surface area (TPSA) is 79.3 Å². The number of carbonyl (C=O) groups is 2. The zero-order valence-electron chi connectivity index (χ0n) is 8.82. The van der Waals surface area contributed by atoms with Crippen molar-refractivity contribution in [3.63, 3.8) is 0 Å². The highest BCUT2D eigenvalue weighted by atomic mass is 32.1. The van der Waals surface area contributed by atoms with Gasteiger partial charge >= 0.3 is 5.97 Å². The smallest absolute Gasteiger partial charge is 0.347 e. The third-order valence-electron chi connectivity index (χ3n) is 2.40. The minimum absolute atomic E-state index is 0.0478. The number of aromatic nitrogens is 1. The molecule has 86 valence electrons. The fraction of sp³-hybridized carbons (Fsp3) is 0.500. The molecular formula is C10H12N2O3S. The van der Waals surface area contributed by atoms with Gasteiger partial charge in [0.1, 0.15) is 4.88 Å². The summed E-state index contributed by atoms with van der Waals surface area (Å²) in [6, 6.07) is 0. The van der Waals surface area contributed by atoms with E-state index in [4.69, 9.17) is 5.11 Å². The number of hydrogen-bond donors (Lipinski definition) is 2. The van der Waals surface area contributed by atoms with Crippen LogP contribution >= 0.6 is 11.3 Å². The van der Waals surface area contributed by atoms with Crippen LogP contribution in [0, 0.1) is 5.92 Å². The molecule has 0 saturated heterocycles. The molecule has 0 radical (unpaired) electrons. The molecular weight excluding hydrogens is 228 g/mol. The zero-order chi connectivity index (χ0) is 11.7. The normalized spacial score (nSPS) is 14.8. The predicted octanol–water partition coefficient (Wildman–Crippen LogP) is 1.75. The molecule has 0 spiro atoms. The summed E-state index contributed by atoms with van der Waals surface area (Å²) in [7, 11) is 0. The predicted molar refractivity (Wildman–Crippen MR) is 59.8 cm³/mol. The first-order valence-electron chi connectivity index (χ1n) is 5.15. The Labute approximate surface area is 96.5 Å². The van der Waals surface area contributed by atoms with E-state index in [1.165, 1.54) is 0 Å². The summed E-state index contributed by atoms with van der Waals surface area (Å²) in [5.41, 5.74) is 0.531. The van der Waals surface area contributed by atoms with Crippen molar-refractivity contribution in [2.24, 2.45) is 5.92 Å². The molecule has 1 amide bonds. The van der Waals surface area contributed by atoms with Gasteiger partial charge in [-0.25, -0.2) is 9.78 Å². The van der Waals surface area contributed by atoms with Crippen molar-refractivity contribution in [1.82, 2.24) is 4.98 Å². The van der Waals surface area contributed by atoms with Gasteiger partial charge in [-0.3, -0.25) is 4.79 Å². The van der Waals surface area contributed by atoms with Gasteiger partial charge in [0, 0.05) is 5.92 Å². The van der Waals surface area contributed by atoms with Crippen molar-refractivity contribution in [3.8, 4) is 0 Å². The molecule has 1 aromatic heterocycles. The summed E-state index contributed by atoms with van der Waals surface area (Å²) in [6.45, 7) is 1.84. The minimum Gasteiger partial charge on any atom is -0.477 e. The van der Waals surface area contributed by atoms with Crippen molar-refractivity contribution in [3.05, 3.63) is 10.6 Å². The summed E-state index contributed by atoms with van der Waals surface area (Å²) < 4.78 is 0. The second-order valence-corrected chi connectivity index (χ2v) is 4.72. The Morgan fingerprint density at radius 2 is 2.25 bits per heavy atom. The molecule has 1 heterocycles. The number of rotatable bonds is 4. The van der Waals surface area contributed by atoms with Crippen LogP contribution in [0.15, 0.2) is 0 Å². The SMILES string of the molecule is CCc1nc(NC(=O)C2CC2)sc1C(=O)O. The van der Waals surface area contributed by atoms with Crippen LogP contribution in [0.5, 0.6) is 0 Å². The molecule has 2 rings (SSSR count). The van der Waals surface area contributed by atoms with E-state index in [9.17, 15) is 9.59 Å². The molecule has 16 heavy (non-hydrogen) atoms. The van der Waals surface area contributed by atoms with Gasteiger partial charge in [0.2, 0.25) is 5.91 Å². The van der Waals surface area contributed by atoms with Gasteiger partial charge in [-0.1, -0.05) is 18.3 Å². The Hall–Kier alpha value is -1.43. The molecule has 0 aliphatic heterocycles. The molecule has 0 atom stereocenters. The molecule has 1 fully saturated rings. The lowest BCUT2D eigenvalue weighted by atomic mass is 10.3. The molecule has 1 aromatic rings. The average molecular weight is 240 g/mol. The van der Waals surface area contributed by atoms with Crippen LogP contribution in [0.25, 0.3) is 0 Å². The van der Waals surface area contributed by atoms with Crippen molar-refractivity contribution < 1.29 is 14.7 Å². The molecule has 1 aliphatic carbocycles. The maximum Gasteiger partial charge on any atom is 0.347 e. The molecule has 1 aliphatic rings. The standard InChI is InChI=1S/C10H12N2O3S/c1-2-6-7(9(14)15)16-10(11-6)12-8(13)5-3-4-5/h5H,2-4H2,1H3,(H,14,15)(H,11,12,13). The monoisotopic (exact) mass is 240 g/mol. The van der Waals surface area contributed by atoms with Gasteiger partial charge in [0.05, 0.1) is 5.69 Å². The van der Waals surface area contributed by atoms with Crippen LogP contribution in [0.4, 0.5) is 5.13 Å². The number of carbonyl (C=O) groups excluding carboxylic acids is 1. The highest BCUT2D eigenvalue weighted by Crippen LogP contribution is 2.31. The summed E-state index contributed by atoms with van der Waals surface area (Å²) in [5.74, 6) is -0.933. The van der Waals surface area contributed by atoms with Gasteiger partial charge in [-0.05, 0) is 19.3 Å². The Bertz CT molecular complexity index is 437. The van der Waals surface area contributed by atoms with Gasteiger partial charge in [-0.15, -0.1) is 0 Å². The Balaban J connectivity index is 2.15. The molecule has 5 nitrogen and oxygen atoms in total. The first-order chi connectivity index (χ1) is 7.61. The fourth-order valence-electron chi connectivity index (χ4n) is 1.36. The molecule has 0 bridgehead atoms. The van der Waals surface area contributed by atoms with Crippen LogP contribution in [-0.2, 0) is 11.2 Å². The number of hydrogen-bond acceptors (Lipinski definition) is 4. The van der Waals surface area contributed by atoms with Crippen molar-refractivity contribution in [2.45, 2.75) is 26.2 Å². The van der Waals surface area contributed by atoms with Gasteiger partial charge in [0.25, 0.3) is 0 Å². The molecule has 1 saturated carbocycles. The second kappa shape index (κ2) is 4.21. The van der Waals surface area contributed by atoms with E-state index in [2.05, 4.69) is 10.3 Å². The number of amides is 1. The number of aryl methyl sites for hydroxylation is 1. The number of carboxylic acids is 1. The quantitative estimate of drug-likeness (QED) is 0.840. The number of aromatic carboxylic acids is 1. The second-order valence-electron chi connectivity index (χ2n) is 3.72. The van der Waals surface area contributed by atoms with Crippen molar-refractivity contribution in [2.75, 3.05) is 5.32 Å². The van der Waals surface area contributed by atoms with Crippen LogP contribution < -0.4 is 5.32 Å². The summed E-state index contributed by atoms with van der Waals surface area (Å²) >= 11 is 1.02. The maximum absolute atomic E-state index is 11.5. The Morgan fingerprint density at radius 1 is 1.56 bits per heavy atom. The van der Waals surface area contributed by atoms with Crippen molar-refractivity contribution >= 4 is 28.3 Å². The minimum atomic E-state index is -0.985. The number of nitrogens with zero attached hydrogens (tertiary/aromatic N) is 1. The van der Waals surface area contributed by atoms with E-state index in [0.29, 0.717) is 17.2 Å². The largest absolute Gasteiger partial charge is 0.477 e. The Morgan fingerprint density at radius 3 is 2.69 bits per heavy atom. The number of carboxylic acid groups (broad SMARTS) is 1. The fourth-order valence-corrected chi connectivity index (χ4v) is 2.26. The summed E-state index contributed by atoms with van der Waals surface area (Å²) in [4.78, 5) is 26.7. The first-order valence-corrected chi connectivity index (χ1v) is 5.97. The molecule has 6 heteroatoms. The average Bonchev–Trinajstić information content (AvgIpc) is 3.00. The van der Waals surface area contributed by atoms with Gasteiger partial charge in [-0.2, -0.15) is 0 Å². The van der Waals surface area contributed by atoms with E-state index >= 15 is 0 Å². The van der Waals surface area contributed by atoms with Crippen LogP contribution in [0.1, 0.15) is 35.1 Å². The van der Waals surface area contributed by atoms with Crippen LogP contribution in [0.2, 0.25) is 0 Å². The van der Waals surface area contributed by atoms with E-state index in [1.54, 1.807) is 0 Å². The van der Waals surface area contributed by atoms with E-state index in [-0.39, 0.29) is 16.7 Å². The molecule has 0 unspecified atom stereocenters. The Kier molecular flexibility index (Phi) is 2.91. The molecule has 0 aromatic carbocycles. The van der Waals surface area contributed by atoms with Crippen LogP contribution in [-0.4, -0.2) is 22.0 Å². The molecule has 2 N–H and O–H groups in total. The lowest BCUT2D eigenvalue weighted by Gasteiger charge is -1.97. The summed E-state index contributed by atoms with van der Waals surface area (Å²) in [6.07, 6.45) is 2.39. The maximum atomic E-state index is 11.5. The lowest BCUT2D eigenvalue weighted by Crippen LogP contribution is -2.12. The first kappa shape index (κ1) is 11.1. The van der Waals surface area contributed by atoms with Gasteiger partial charge < -0.3 is 10.4 Å². The van der Waals surface area contributed by atoms with Crippen LogP contribution in [0.3, 0.4) is 0 Å². The van der Waals surface area contributed by atoms with E-state index in [0.717, 1.165) is 24.2 Å². The van der Waals surface area contributed by atoms with E-state index in [1.807, 2.05) is 6.92 Å². The lowest BCUT2D eigenvalue weighted by molar-refractivity contribution is -0.117. The third kappa shape index (κ3) is 2.21. The van der Waals surface area contributed by atoms with Gasteiger partial charge in [0.15, 0.2) is 5.13 Å².